The largest absolute Gasteiger partial charge is 0.349 e. The zero-order valence-corrected chi connectivity index (χ0v) is 9.87. The van der Waals surface area contributed by atoms with Crippen LogP contribution in [0.3, 0.4) is 0 Å². The van der Waals surface area contributed by atoms with Gasteiger partial charge in [0.15, 0.2) is 0 Å². The second-order valence-electron chi connectivity index (χ2n) is 3.97. The van der Waals surface area contributed by atoms with Gasteiger partial charge in [-0.15, -0.1) is 0 Å². The third-order valence-electron chi connectivity index (χ3n) is 2.46. The van der Waals surface area contributed by atoms with Crippen LogP contribution in [0.1, 0.15) is 18.4 Å². The van der Waals surface area contributed by atoms with Gasteiger partial charge in [-0.2, -0.15) is 5.26 Å². The Bertz CT molecular complexity index is 495. The van der Waals surface area contributed by atoms with Crippen molar-refractivity contribution in [2.45, 2.75) is 18.9 Å². The summed E-state index contributed by atoms with van der Waals surface area (Å²) < 4.78 is 0. The Kier molecular flexibility index (Phi) is 3.46. The highest BCUT2D eigenvalue weighted by Crippen LogP contribution is 2.19. The van der Waals surface area contributed by atoms with Crippen LogP contribution < -0.4 is 5.32 Å². The molecule has 1 aliphatic rings. The monoisotopic (exact) mass is 246 g/mol. The van der Waals surface area contributed by atoms with Gasteiger partial charge in [0.1, 0.15) is 11.6 Å². The van der Waals surface area contributed by atoms with E-state index in [4.69, 9.17) is 16.9 Å². The molecule has 0 radical (unpaired) electrons. The molecule has 0 saturated heterocycles. The number of hydrogen-bond donors (Lipinski definition) is 1. The van der Waals surface area contributed by atoms with Crippen LogP contribution in [-0.2, 0) is 4.79 Å². The van der Waals surface area contributed by atoms with Gasteiger partial charge in [-0.25, -0.2) is 0 Å². The van der Waals surface area contributed by atoms with Gasteiger partial charge < -0.3 is 5.32 Å². The summed E-state index contributed by atoms with van der Waals surface area (Å²) in [4.78, 5) is 11.7. The van der Waals surface area contributed by atoms with Crippen LogP contribution >= 0.6 is 11.6 Å². The quantitative estimate of drug-likeness (QED) is 0.658. The Morgan fingerprint density at radius 3 is 2.59 bits per heavy atom. The molecule has 1 aromatic carbocycles. The highest BCUT2D eigenvalue weighted by atomic mass is 35.5. The first kappa shape index (κ1) is 11.7. The lowest BCUT2D eigenvalue weighted by Crippen LogP contribution is -2.26. The summed E-state index contributed by atoms with van der Waals surface area (Å²) >= 11 is 5.76. The number of amides is 1. The third kappa shape index (κ3) is 3.33. The number of nitrogens with one attached hydrogen (secondary N) is 1. The summed E-state index contributed by atoms with van der Waals surface area (Å²) in [5.74, 6) is -0.301. The summed E-state index contributed by atoms with van der Waals surface area (Å²) in [6.45, 7) is 0. The number of hydrogen-bond acceptors (Lipinski definition) is 2. The lowest BCUT2D eigenvalue weighted by atomic mass is 10.1. The minimum atomic E-state index is -0.301. The Balaban J connectivity index is 2.13. The van der Waals surface area contributed by atoms with E-state index in [2.05, 4.69) is 5.32 Å². The second-order valence-corrected chi connectivity index (χ2v) is 4.41. The molecule has 0 aromatic heterocycles. The van der Waals surface area contributed by atoms with Gasteiger partial charge in [-0.3, -0.25) is 4.79 Å². The summed E-state index contributed by atoms with van der Waals surface area (Å²) in [6.07, 6.45) is 3.57. The van der Waals surface area contributed by atoms with Crippen LogP contribution in [0, 0.1) is 11.3 Å². The molecule has 0 bridgehead atoms. The second kappa shape index (κ2) is 5.03. The Morgan fingerprint density at radius 1 is 1.41 bits per heavy atom. The van der Waals surface area contributed by atoms with Gasteiger partial charge in [0, 0.05) is 11.1 Å². The van der Waals surface area contributed by atoms with Crippen molar-refractivity contribution in [3.05, 3.63) is 40.4 Å². The SMILES string of the molecule is N#CC(=Cc1ccc(Cl)cc1)C(=O)NC1CC1. The van der Waals surface area contributed by atoms with Gasteiger partial charge in [0.25, 0.3) is 5.91 Å². The standard InChI is InChI=1S/C13H11ClN2O/c14-11-3-1-9(2-4-11)7-10(8-15)13(17)16-12-5-6-12/h1-4,7,12H,5-6H2,(H,16,17). The fraction of sp³-hybridized carbons (Fsp3) is 0.231. The van der Waals surface area contributed by atoms with Gasteiger partial charge in [0.05, 0.1) is 0 Å². The first-order valence-corrected chi connectivity index (χ1v) is 5.75. The van der Waals surface area contributed by atoms with Crippen LogP contribution in [-0.4, -0.2) is 11.9 Å². The minimum absolute atomic E-state index is 0.124. The molecule has 4 heteroatoms. The number of carbonyl (C=O) groups is 1. The van der Waals surface area contributed by atoms with Crippen molar-refractivity contribution in [1.82, 2.24) is 5.32 Å². The smallest absolute Gasteiger partial charge is 0.262 e. The molecule has 1 fully saturated rings. The van der Waals surface area contributed by atoms with Gasteiger partial charge in [0.2, 0.25) is 0 Å². The average Bonchev–Trinajstić information content (AvgIpc) is 3.12. The third-order valence-corrected chi connectivity index (χ3v) is 2.71. The summed E-state index contributed by atoms with van der Waals surface area (Å²) in [7, 11) is 0. The van der Waals surface area contributed by atoms with Crippen molar-refractivity contribution in [3.63, 3.8) is 0 Å². The van der Waals surface area contributed by atoms with E-state index in [1.54, 1.807) is 30.3 Å². The van der Waals surface area contributed by atoms with E-state index in [0.717, 1.165) is 18.4 Å². The van der Waals surface area contributed by atoms with Crippen molar-refractivity contribution in [2.24, 2.45) is 0 Å². The Morgan fingerprint density at radius 2 is 2.06 bits per heavy atom. The molecule has 0 atom stereocenters. The maximum absolute atomic E-state index is 11.7. The van der Waals surface area contributed by atoms with Gasteiger partial charge >= 0.3 is 0 Å². The molecule has 86 valence electrons. The van der Waals surface area contributed by atoms with Gasteiger partial charge in [-0.05, 0) is 36.6 Å². The number of halogens is 1. The van der Waals surface area contributed by atoms with E-state index >= 15 is 0 Å². The zero-order valence-electron chi connectivity index (χ0n) is 9.11. The first-order chi connectivity index (χ1) is 8.19. The van der Waals surface area contributed by atoms with E-state index in [0.29, 0.717) is 5.02 Å². The highest BCUT2D eigenvalue weighted by molar-refractivity contribution is 6.30. The number of nitrogens with zero attached hydrogens (tertiary/aromatic N) is 1. The normalized spacial score (nSPS) is 15.2. The molecule has 0 spiro atoms. The van der Waals surface area contributed by atoms with E-state index in [-0.39, 0.29) is 17.5 Å². The number of benzene rings is 1. The Labute approximate surface area is 105 Å². The zero-order chi connectivity index (χ0) is 12.3. The fourth-order valence-electron chi connectivity index (χ4n) is 1.37. The molecule has 1 amide bonds. The number of carbonyl (C=O) groups excluding carboxylic acids is 1. The molecule has 3 nitrogen and oxygen atoms in total. The van der Waals surface area contributed by atoms with Crippen molar-refractivity contribution < 1.29 is 4.79 Å². The van der Waals surface area contributed by atoms with E-state index in [9.17, 15) is 4.79 Å². The lowest BCUT2D eigenvalue weighted by Gasteiger charge is -2.01. The molecule has 0 aliphatic heterocycles. The average molecular weight is 247 g/mol. The predicted octanol–water partition coefficient (Wildman–Crippen LogP) is 2.53. The summed E-state index contributed by atoms with van der Waals surface area (Å²) in [6, 6.07) is 9.15. The minimum Gasteiger partial charge on any atom is -0.349 e. The maximum Gasteiger partial charge on any atom is 0.262 e. The molecule has 0 heterocycles. The highest BCUT2D eigenvalue weighted by Gasteiger charge is 2.24. The molecule has 0 unspecified atom stereocenters. The van der Waals surface area contributed by atoms with Crippen molar-refractivity contribution in [2.75, 3.05) is 0 Å². The first-order valence-electron chi connectivity index (χ1n) is 5.37. The van der Waals surface area contributed by atoms with Crippen LogP contribution in [0.4, 0.5) is 0 Å². The molecule has 1 aliphatic carbocycles. The fourth-order valence-corrected chi connectivity index (χ4v) is 1.49. The number of nitriles is 1. The van der Waals surface area contributed by atoms with Crippen LogP contribution in [0.15, 0.2) is 29.8 Å². The molecule has 1 saturated carbocycles. The molecular formula is C13H11ClN2O. The molecule has 17 heavy (non-hydrogen) atoms. The molecular weight excluding hydrogens is 236 g/mol. The van der Waals surface area contributed by atoms with E-state index < -0.39 is 0 Å². The van der Waals surface area contributed by atoms with Crippen molar-refractivity contribution in [1.29, 1.82) is 5.26 Å². The van der Waals surface area contributed by atoms with Crippen LogP contribution in [0.5, 0.6) is 0 Å². The summed E-state index contributed by atoms with van der Waals surface area (Å²) in [5.41, 5.74) is 0.913. The Hall–Kier alpha value is -1.79. The maximum atomic E-state index is 11.7. The molecule has 1 N–H and O–H groups in total. The van der Waals surface area contributed by atoms with Crippen molar-refractivity contribution >= 4 is 23.6 Å². The lowest BCUT2D eigenvalue weighted by molar-refractivity contribution is -0.117. The number of rotatable bonds is 3. The molecule has 2 rings (SSSR count). The molecule has 1 aromatic rings. The van der Waals surface area contributed by atoms with Crippen LogP contribution in [0.2, 0.25) is 5.02 Å². The van der Waals surface area contributed by atoms with E-state index in [1.807, 2.05) is 6.07 Å². The van der Waals surface area contributed by atoms with E-state index in [1.165, 1.54) is 0 Å². The summed E-state index contributed by atoms with van der Waals surface area (Å²) in [5, 5.41) is 12.3. The van der Waals surface area contributed by atoms with Crippen molar-refractivity contribution in [3.8, 4) is 6.07 Å². The predicted molar refractivity (Wildman–Crippen MR) is 66.2 cm³/mol. The topological polar surface area (TPSA) is 52.9 Å². The van der Waals surface area contributed by atoms with Crippen LogP contribution in [0.25, 0.3) is 6.08 Å². The van der Waals surface area contributed by atoms with Gasteiger partial charge in [-0.1, -0.05) is 23.7 Å².